The molecule has 100 valence electrons. The Kier molecular flexibility index (Phi) is 3.83. The van der Waals surface area contributed by atoms with E-state index in [0.29, 0.717) is 30.0 Å². The molecule has 1 aromatic carbocycles. The van der Waals surface area contributed by atoms with Gasteiger partial charge in [0.2, 0.25) is 0 Å². The SMILES string of the molecule is Clc1cc(Br)cc(-c2nc(C3COCCN3)no2)c1. The van der Waals surface area contributed by atoms with Gasteiger partial charge < -0.3 is 14.6 Å². The van der Waals surface area contributed by atoms with Gasteiger partial charge in [-0.05, 0) is 18.2 Å². The highest BCUT2D eigenvalue weighted by atomic mass is 79.9. The second-order valence-corrected chi connectivity index (χ2v) is 5.55. The maximum Gasteiger partial charge on any atom is 0.258 e. The third-order valence-electron chi connectivity index (χ3n) is 2.78. The zero-order valence-corrected chi connectivity index (χ0v) is 12.2. The monoisotopic (exact) mass is 343 g/mol. The Morgan fingerprint density at radius 3 is 3.00 bits per heavy atom. The number of hydrogen-bond donors (Lipinski definition) is 1. The van der Waals surface area contributed by atoms with Crippen LogP contribution in [0.2, 0.25) is 5.02 Å². The molecule has 0 amide bonds. The van der Waals surface area contributed by atoms with E-state index in [1.165, 1.54) is 0 Å². The zero-order valence-electron chi connectivity index (χ0n) is 9.90. The molecule has 5 nitrogen and oxygen atoms in total. The van der Waals surface area contributed by atoms with Gasteiger partial charge in [-0.3, -0.25) is 0 Å². The van der Waals surface area contributed by atoms with Gasteiger partial charge in [-0.2, -0.15) is 4.98 Å². The molecule has 1 unspecified atom stereocenters. The quantitative estimate of drug-likeness (QED) is 0.908. The van der Waals surface area contributed by atoms with E-state index in [1.807, 2.05) is 6.07 Å². The number of ether oxygens (including phenoxy) is 1. The Morgan fingerprint density at radius 1 is 1.37 bits per heavy atom. The number of morpholine rings is 1. The number of benzene rings is 1. The van der Waals surface area contributed by atoms with Crippen LogP contribution in [0.5, 0.6) is 0 Å². The largest absolute Gasteiger partial charge is 0.378 e. The molecule has 1 saturated heterocycles. The second kappa shape index (κ2) is 5.58. The van der Waals surface area contributed by atoms with Crippen molar-refractivity contribution in [1.82, 2.24) is 15.5 Å². The summed E-state index contributed by atoms with van der Waals surface area (Å²) >= 11 is 9.39. The summed E-state index contributed by atoms with van der Waals surface area (Å²) in [4.78, 5) is 4.39. The standard InChI is InChI=1S/C12H11BrClN3O2/c13-8-3-7(4-9(14)5-8)12-16-11(17-19-12)10-6-18-2-1-15-10/h3-5,10,15H,1-2,6H2. The summed E-state index contributed by atoms with van der Waals surface area (Å²) in [7, 11) is 0. The van der Waals surface area contributed by atoms with Gasteiger partial charge in [0.25, 0.3) is 5.89 Å². The van der Waals surface area contributed by atoms with Crippen LogP contribution in [0, 0.1) is 0 Å². The fourth-order valence-electron chi connectivity index (χ4n) is 1.90. The minimum absolute atomic E-state index is 0.0196. The van der Waals surface area contributed by atoms with Crippen LogP contribution >= 0.6 is 27.5 Å². The van der Waals surface area contributed by atoms with Gasteiger partial charge in [0.1, 0.15) is 0 Å². The highest BCUT2D eigenvalue weighted by Crippen LogP contribution is 2.27. The number of aromatic nitrogens is 2. The van der Waals surface area contributed by atoms with Crippen LogP contribution in [0.1, 0.15) is 11.9 Å². The smallest absolute Gasteiger partial charge is 0.258 e. The van der Waals surface area contributed by atoms with Gasteiger partial charge in [0.05, 0.1) is 19.3 Å². The lowest BCUT2D eigenvalue weighted by atomic mass is 10.2. The first-order chi connectivity index (χ1) is 9.22. The Hall–Kier alpha value is -0.950. The van der Waals surface area contributed by atoms with E-state index in [4.69, 9.17) is 20.9 Å². The van der Waals surface area contributed by atoms with Gasteiger partial charge in [-0.1, -0.05) is 32.7 Å². The molecule has 1 N–H and O–H groups in total. The van der Waals surface area contributed by atoms with Gasteiger partial charge in [0, 0.05) is 21.6 Å². The van der Waals surface area contributed by atoms with Crippen molar-refractivity contribution >= 4 is 27.5 Å². The highest BCUT2D eigenvalue weighted by Gasteiger charge is 2.21. The predicted molar refractivity (Wildman–Crippen MR) is 74.0 cm³/mol. The number of nitrogens with zero attached hydrogens (tertiary/aromatic N) is 2. The van der Waals surface area contributed by atoms with Crippen molar-refractivity contribution in [2.75, 3.05) is 19.8 Å². The first-order valence-corrected chi connectivity index (χ1v) is 7.00. The van der Waals surface area contributed by atoms with Crippen LogP contribution in [0.15, 0.2) is 27.2 Å². The molecule has 1 aliphatic rings. The summed E-state index contributed by atoms with van der Waals surface area (Å²) in [5.41, 5.74) is 0.787. The van der Waals surface area contributed by atoms with E-state index in [0.717, 1.165) is 16.6 Å². The van der Waals surface area contributed by atoms with E-state index in [-0.39, 0.29) is 6.04 Å². The maximum atomic E-state index is 6.00. The lowest BCUT2D eigenvalue weighted by molar-refractivity contribution is 0.0734. The van der Waals surface area contributed by atoms with Crippen molar-refractivity contribution in [2.45, 2.75) is 6.04 Å². The molecule has 3 rings (SSSR count). The molecular weight excluding hydrogens is 334 g/mol. The van der Waals surface area contributed by atoms with Crippen molar-refractivity contribution < 1.29 is 9.26 Å². The van der Waals surface area contributed by atoms with E-state index in [1.54, 1.807) is 12.1 Å². The lowest BCUT2D eigenvalue weighted by Crippen LogP contribution is -2.35. The predicted octanol–water partition coefficient (Wildman–Crippen LogP) is 2.81. The molecule has 7 heteroatoms. The van der Waals surface area contributed by atoms with Gasteiger partial charge in [0.15, 0.2) is 5.82 Å². The fourth-order valence-corrected chi connectivity index (χ4v) is 2.76. The molecule has 0 spiro atoms. The average Bonchev–Trinajstić information content (AvgIpc) is 2.88. The van der Waals surface area contributed by atoms with Crippen molar-refractivity contribution in [2.24, 2.45) is 0 Å². The topological polar surface area (TPSA) is 60.2 Å². The first kappa shape index (κ1) is 13.1. The summed E-state index contributed by atoms with van der Waals surface area (Å²) in [5, 5.41) is 7.88. The molecule has 1 aromatic heterocycles. The van der Waals surface area contributed by atoms with Crippen molar-refractivity contribution in [1.29, 1.82) is 0 Å². The van der Waals surface area contributed by atoms with Crippen molar-refractivity contribution in [3.05, 3.63) is 33.5 Å². The van der Waals surface area contributed by atoms with Crippen molar-refractivity contribution in [3.63, 3.8) is 0 Å². The molecular formula is C12H11BrClN3O2. The van der Waals surface area contributed by atoms with Crippen molar-refractivity contribution in [3.8, 4) is 11.5 Å². The Bertz CT molecular complexity index is 564. The van der Waals surface area contributed by atoms with Gasteiger partial charge >= 0.3 is 0 Å². The van der Waals surface area contributed by atoms with E-state index in [9.17, 15) is 0 Å². The summed E-state index contributed by atoms with van der Waals surface area (Å²) in [6, 6.07) is 5.45. The second-order valence-electron chi connectivity index (χ2n) is 4.20. The average molecular weight is 345 g/mol. The minimum atomic E-state index is -0.0196. The molecule has 2 heterocycles. The normalized spacial score (nSPS) is 19.6. The molecule has 0 radical (unpaired) electrons. The Morgan fingerprint density at radius 2 is 2.26 bits per heavy atom. The molecule has 1 fully saturated rings. The molecule has 1 atom stereocenters. The molecule has 0 bridgehead atoms. The van der Waals surface area contributed by atoms with Crippen LogP contribution in [-0.4, -0.2) is 29.9 Å². The lowest BCUT2D eigenvalue weighted by Gasteiger charge is -2.20. The van der Waals surface area contributed by atoms with Crippen LogP contribution in [0.4, 0.5) is 0 Å². The Labute approximate surface area is 123 Å². The van der Waals surface area contributed by atoms with E-state index >= 15 is 0 Å². The number of rotatable bonds is 2. The summed E-state index contributed by atoms with van der Waals surface area (Å²) < 4.78 is 11.5. The first-order valence-electron chi connectivity index (χ1n) is 5.83. The Balaban J connectivity index is 1.87. The summed E-state index contributed by atoms with van der Waals surface area (Å²) in [6.07, 6.45) is 0. The molecule has 0 saturated carbocycles. The third-order valence-corrected chi connectivity index (χ3v) is 3.46. The highest BCUT2D eigenvalue weighted by molar-refractivity contribution is 9.10. The van der Waals surface area contributed by atoms with E-state index < -0.39 is 0 Å². The molecule has 2 aromatic rings. The van der Waals surface area contributed by atoms with E-state index in [2.05, 4.69) is 31.4 Å². The van der Waals surface area contributed by atoms with Crippen LogP contribution < -0.4 is 5.32 Å². The zero-order chi connectivity index (χ0) is 13.2. The van der Waals surface area contributed by atoms with Crippen LogP contribution in [0.3, 0.4) is 0 Å². The van der Waals surface area contributed by atoms with Gasteiger partial charge in [-0.25, -0.2) is 0 Å². The molecule has 19 heavy (non-hydrogen) atoms. The molecule has 1 aliphatic heterocycles. The van der Waals surface area contributed by atoms with Gasteiger partial charge in [-0.15, -0.1) is 0 Å². The minimum Gasteiger partial charge on any atom is -0.378 e. The number of halogens is 2. The van der Waals surface area contributed by atoms with Crippen LogP contribution in [0.25, 0.3) is 11.5 Å². The van der Waals surface area contributed by atoms with Crippen LogP contribution in [-0.2, 0) is 4.74 Å². The third kappa shape index (κ3) is 2.97. The fraction of sp³-hybridized carbons (Fsp3) is 0.333. The number of hydrogen-bond acceptors (Lipinski definition) is 5. The number of nitrogens with one attached hydrogen (secondary N) is 1. The molecule has 0 aliphatic carbocycles. The summed E-state index contributed by atoms with van der Waals surface area (Å²) in [5.74, 6) is 1.05. The summed E-state index contributed by atoms with van der Waals surface area (Å²) in [6.45, 7) is 2.05. The maximum absolute atomic E-state index is 6.00.